The van der Waals surface area contributed by atoms with Crippen LogP contribution in [0.15, 0.2) is 54.6 Å². The highest BCUT2D eigenvalue weighted by molar-refractivity contribution is 7.25. The van der Waals surface area contributed by atoms with Crippen LogP contribution in [-0.4, -0.2) is 4.57 Å². The second-order valence-corrected chi connectivity index (χ2v) is 9.09. The van der Waals surface area contributed by atoms with Crippen LogP contribution < -0.4 is 0 Å². The van der Waals surface area contributed by atoms with Gasteiger partial charge >= 0.3 is 0 Å². The van der Waals surface area contributed by atoms with Crippen LogP contribution in [0.2, 0.25) is 0 Å². The lowest BCUT2D eigenvalue weighted by Crippen LogP contribution is -2.10. The molecule has 0 aliphatic carbocycles. The fourth-order valence-corrected chi connectivity index (χ4v) is 5.02. The van der Waals surface area contributed by atoms with E-state index in [9.17, 15) is 0 Å². The van der Waals surface area contributed by atoms with Crippen molar-refractivity contribution in [1.82, 2.24) is 4.57 Å². The van der Waals surface area contributed by atoms with Crippen molar-refractivity contribution in [2.75, 3.05) is 0 Å². The van der Waals surface area contributed by atoms with E-state index < -0.39 is 0 Å². The van der Waals surface area contributed by atoms with E-state index in [0.29, 0.717) is 0 Å². The molecular formula is C23H21NS. The summed E-state index contributed by atoms with van der Waals surface area (Å²) in [4.78, 5) is 0. The third-order valence-corrected chi connectivity index (χ3v) is 6.50. The smallest absolute Gasteiger partial charge is 0.0495 e. The minimum atomic E-state index is 0.165. The highest BCUT2D eigenvalue weighted by atomic mass is 32.1. The van der Waals surface area contributed by atoms with Crippen molar-refractivity contribution < 1.29 is 0 Å². The van der Waals surface area contributed by atoms with Gasteiger partial charge in [0, 0.05) is 49.0 Å². The topological polar surface area (TPSA) is 4.93 Å². The summed E-state index contributed by atoms with van der Waals surface area (Å²) in [6.07, 6.45) is 0. The van der Waals surface area contributed by atoms with E-state index >= 15 is 0 Å². The summed E-state index contributed by atoms with van der Waals surface area (Å²) in [5, 5.41) is 5.46. The molecule has 0 unspecified atom stereocenters. The molecule has 2 aromatic heterocycles. The van der Waals surface area contributed by atoms with Crippen molar-refractivity contribution in [1.29, 1.82) is 0 Å². The molecule has 2 heteroatoms. The Bertz CT molecular complexity index is 1280. The van der Waals surface area contributed by atoms with Crippen molar-refractivity contribution in [3.8, 4) is 0 Å². The van der Waals surface area contributed by atoms with Crippen LogP contribution in [0.25, 0.3) is 42.0 Å². The van der Waals surface area contributed by atoms with Gasteiger partial charge in [-0.3, -0.25) is 0 Å². The van der Waals surface area contributed by atoms with Gasteiger partial charge in [-0.2, -0.15) is 0 Å². The molecule has 0 N–H and O–H groups in total. The van der Waals surface area contributed by atoms with E-state index in [1.54, 1.807) is 0 Å². The first-order valence-corrected chi connectivity index (χ1v) is 9.59. The number of rotatable bonds is 0. The maximum absolute atomic E-state index is 2.39. The third-order valence-electron chi connectivity index (χ3n) is 5.37. The fraction of sp³-hybridized carbons (Fsp3) is 0.217. The van der Waals surface area contributed by atoms with E-state index in [2.05, 4.69) is 87.0 Å². The lowest BCUT2D eigenvalue weighted by Gasteiger charge is -2.19. The molecule has 1 nitrogen and oxygen atoms in total. The zero-order chi connectivity index (χ0) is 17.3. The summed E-state index contributed by atoms with van der Waals surface area (Å²) >= 11 is 1.89. The zero-order valence-corrected chi connectivity index (χ0v) is 15.9. The largest absolute Gasteiger partial charge is 0.344 e. The van der Waals surface area contributed by atoms with Crippen LogP contribution in [-0.2, 0) is 12.5 Å². The molecule has 3 aromatic carbocycles. The number of nitrogens with zero attached hydrogens (tertiary/aromatic N) is 1. The summed E-state index contributed by atoms with van der Waals surface area (Å²) in [5.41, 5.74) is 4.18. The average Bonchev–Trinajstić information content (AvgIpc) is 3.08. The van der Waals surface area contributed by atoms with Gasteiger partial charge in [0.1, 0.15) is 0 Å². The summed E-state index contributed by atoms with van der Waals surface area (Å²) in [6.45, 7) is 6.84. The van der Waals surface area contributed by atoms with E-state index in [1.807, 2.05) is 11.3 Å². The predicted octanol–water partition coefficient (Wildman–Crippen LogP) is 7.00. The van der Waals surface area contributed by atoms with Crippen LogP contribution >= 0.6 is 11.3 Å². The Kier molecular flexibility index (Phi) is 2.91. The Morgan fingerprint density at radius 3 is 2.28 bits per heavy atom. The van der Waals surface area contributed by atoms with Crippen LogP contribution in [0.5, 0.6) is 0 Å². The molecule has 0 bridgehead atoms. The van der Waals surface area contributed by atoms with Gasteiger partial charge in [-0.05, 0) is 41.3 Å². The molecule has 2 heterocycles. The summed E-state index contributed by atoms with van der Waals surface area (Å²) < 4.78 is 5.08. The van der Waals surface area contributed by atoms with E-state index in [-0.39, 0.29) is 5.41 Å². The van der Waals surface area contributed by atoms with E-state index in [4.69, 9.17) is 0 Å². The highest BCUT2D eigenvalue weighted by Crippen LogP contribution is 2.39. The molecule has 0 spiro atoms. The Balaban J connectivity index is 1.94. The molecule has 0 radical (unpaired) electrons. The molecule has 0 amide bonds. The van der Waals surface area contributed by atoms with Crippen LogP contribution in [0.3, 0.4) is 0 Å². The number of aromatic nitrogens is 1. The van der Waals surface area contributed by atoms with Gasteiger partial charge in [-0.25, -0.2) is 0 Å². The third kappa shape index (κ3) is 2.07. The number of hydrogen-bond acceptors (Lipinski definition) is 1. The van der Waals surface area contributed by atoms with Gasteiger partial charge in [0.2, 0.25) is 0 Å². The van der Waals surface area contributed by atoms with Crippen molar-refractivity contribution in [3.05, 3.63) is 60.2 Å². The first kappa shape index (κ1) is 15.0. The molecule has 0 saturated heterocycles. The molecule has 0 atom stereocenters. The molecule has 0 aliphatic rings. The SMILES string of the molecule is Cn1c2ccc(C(C)(C)C)cc2c2cc3sc4ccccc4c3cc21. The molecule has 5 rings (SSSR count). The first-order chi connectivity index (χ1) is 11.9. The zero-order valence-electron chi connectivity index (χ0n) is 15.1. The normalized spacial score (nSPS) is 12.8. The number of hydrogen-bond donors (Lipinski definition) is 0. The monoisotopic (exact) mass is 343 g/mol. The van der Waals surface area contributed by atoms with Crippen LogP contribution in [0, 0.1) is 0 Å². The Labute approximate surface area is 151 Å². The maximum Gasteiger partial charge on any atom is 0.0495 e. The molecule has 124 valence electrons. The summed E-state index contributed by atoms with van der Waals surface area (Å²) in [5.74, 6) is 0. The van der Waals surface area contributed by atoms with Gasteiger partial charge in [-0.1, -0.05) is 45.0 Å². The van der Waals surface area contributed by atoms with Gasteiger partial charge in [0.15, 0.2) is 0 Å². The lowest BCUT2D eigenvalue weighted by atomic mass is 9.86. The Morgan fingerprint density at radius 1 is 0.720 bits per heavy atom. The standard InChI is InChI=1S/C23H21NS/c1-23(2,3)14-9-10-19-16(11-14)17-13-22-18(12-20(17)24(19)4)15-7-5-6-8-21(15)25-22/h5-13H,1-4H3. The first-order valence-electron chi connectivity index (χ1n) is 8.77. The van der Waals surface area contributed by atoms with Crippen LogP contribution in [0.1, 0.15) is 26.3 Å². The molecule has 0 saturated carbocycles. The van der Waals surface area contributed by atoms with E-state index in [0.717, 1.165) is 0 Å². The molecule has 0 aliphatic heterocycles. The number of aryl methyl sites for hydroxylation is 1. The summed E-state index contributed by atoms with van der Waals surface area (Å²) in [6, 6.07) is 20.4. The lowest BCUT2D eigenvalue weighted by molar-refractivity contribution is 0.591. The van der Waals surface area contributed by atoms with Crippen molar-refractivity contribution in [3.63, 3.8) is 0 Å². The van der Waals surface area contributed by atoms with Gasteiger partial charge in [-0.15, -0.1) is 11.3 Å². The molecule has 0 fully saturated rings. The average molecular weight is 343 g/mol. The Morgan fingerprint density at radius 2 is 1.48 bits per heavy atom. The predicted molar refractivity (Wildman–Crippen MR) is 112 cm³/mol. The minimum absolute atomic E-state index is 0.165. The minimum Gasteiger partial charge on any atom is -0.344 e. The number of thiophene rings is 1. The molecular weight excluding hydrogens is 322 g/mol. The number of benzene rings is 3. The highest BCUT2D eigenvalue weighted by Gasteiger charge is 2.17. The Hall–Kier alpha value is -2.32. The second kappa shape index (κ2) is 4.86. The summed E-state index contributed by atoms with van der Waals surface area (Å²) in [7, 11) is 2.18. The van der Waals surface area contributed by atoms with Gasteiger partial charge in [0.05, 0.1) is 0 Å². The van der Waals surface area contributed by atoms with Crippen molar-refractivity contribution in [2.24, 2.45) is 7.05 Å². The van der Waals surface area contributed by atoms with Gasteiger partial charge < -0.3 is 4.57 Å². The van der Waals surface area contributed by atoms with Gasteiger partial charge in [0.25, 0.3) is 0 Å². The van der Waals surface area contributed by atoms with Crippen LogP contribution in [0.4, 0.5) is 0 Å². The van der Waals surface area contributed by atoms with Crippen molar-refractivity contribution >= 4 is 53.3 Å². The van der Waals surface area contributed by atoms with E-state index in [1.165, 1.54) is 47.5 Å². The second-order valence-electron chi connectivity index (χ2n) is 8.00. The molecule has 25 heavy (non-hydrogen) atoms. The quantitative estimate of drug-likeness (QED) is 0.285. The maximum atomic E-state index is 2.39. The number of fused-ring (bicyclic) bond motifs is 6. The van der Waals surface area contributed by atoms with Crippen molar-refractivity contribution in [2.45, 2.75) is 26.2 Å². The molecule has 5 aromatic rings. The fourth-order valence-electron chi connectivity index (χ4n) is 3.89.